The van der Waals surface area contributed by atoms with Gasteiger partial charge >= 0.3 is 0 Å². The highest BCUT2D eigenvalue weighted by molar-refractivity contribution is 4.87. The maximum Gasteiger partial charge on any atom is 0.0578 e. The van der Waals surface area contributed by atoms with Crippen molar-refractivity contribution in [2.75, 3.05) is 19.6 Å². The first-order valence-corrected chi connectivity index (χ1v) is 7.27. The van der Waals surface area contributed by atoms with E-state index >= 15 is 0 Å². The van der Waals surface area contributed by atoms with Gasteiger partial charge in [0.15, 0.2) is 0 Å². The Hall–Kier alpha value is -0.120. The van der Waals surface area contributed by atoms with E-state index in [4.69, 9.17) is 0 Å². The van der Waals surface area contributed by atoms with Crippen LogP contribution in [0.5, 0.6) is 0 Å². The molecule has 3 heteroatoms. The highest BCUT2D eigenvalue weighted by Gasteiger charge is 2.31. The Morgan fingerprint density at radius 2 is 1.94 bits per heavy atom. The Bertz CT molecular complexity index is 192. The second kappa shape index (κ2) is 7.34. The van der Waals surface area contributed by atoms with Crippen LogP contribution < -0.4 is 5.32 Å². The number of hydrogen-bond acceptors (Lipinski definition) is 3. The van der Waals surface area contributed by atoms with Crippen LogP contribution >= 0.6 is 0 Å². The van der Waals surface area contributed by atoms with Crippen molar-refractivity contribution in [3.05, 3.63) is 0 Å². The predicted molar refractivity (Wildman–Crippen MR) is 73.2 cm³/mol. The molecule has 17 heavy (non-hydrogen) atoms. The summed E-state index contributed by atoms with van der Waals surface area (Å²) in [5.74, 6) is 0.437. The van der Waals surface area contributed by atoms with Crippen LogP contribution in [0.4, 0.5) is 0 Å². The summed E-state index contributed by atoms with van der Waals surface area (Å²) in [6.45, 7) is 12.0. The topological polar surface area (TPSA) is 35.5 Å². The van der Waals surface area contributed by atoms with Gasteiger partial charge in [-0.15, -0.1) is 0 Å². The van der Waals surface area contributed by atoms with Gasteiger partial charge < -0.3 is 10.4 Å². The summed E-state index contributed by atoms with van der Waals surface area (Å²) < 4.78 is 0. The van der Waals surface area contributed by atoms with E-state index in [1.165, 1.54) is 6.42 Å². The van der Waals surface area contributed by atoms with Gasteiger partial charge in [-0.25, -0.2) is 0 Å². The lowest BCUT2D eigenvalue weighted by molar-refractivity contribution is 0.0215. The first-order chi connectivity index (χ1) is 8.12. The number of hydrogen-bond donors (Lipinski definition) is 2. The third-order valence-electron chi connectivity index (χ3n) is 4.18. The molecule has 0 radical (unpaired) electrons. The van der Waals surface area contributed by atoms with E-state index < -0.39 is 0 Å². The van der Waals surface area contributed by atoms with Crippen molar-refractivity contribution in [1.29, 1.82) is 0 Å². The zero-order chi connectivity index (χ0) is 12.8. The minimum absolute atomic E-state index is 0.136. The quantitative estimate of drug-likeness (QED) is 0.746. The fraction of sp³-hybridized carbons (Fsp3) is 1.00. The summed E-state index contributed by atoms with van der Waals surface area (Å²) in [4.78, 5) is 2.54. The van der Waals surface area contributed by atoms with E-state index in [1.54, 1.807) is 0 Å². The number of likely N-dealkylation sites (tertiary alicyclic amines) is 1. The number of likely N-dealkylation sites (N-methyl/N-ethyl adjacent to an activating group) is 1. The van der Waals surface area contributed by atoms with Gasteiger partial charge in [0.05, 0.1) is 6.10 Å². The Labute approximate surface area is 107 Å². The van der Waals surface area contributed by atoms with Gasteiger partial charge in [0, 0.05) is 25.2 Å². The Balaban J connectivity index is 2.61. The second-order valence-corrected chi connectivity index (χ2v) is 5.44. The monoisotopic (exact) mass is 242 g/mol. The third kappa shape index (κ3) is 4.23. The SMILES string of the molecule is CCNC1CC(C(O)CC)CN(C(C)CC)C1. The van der Waals surface area contributed by atoms with Gasteiger partial charge in [0.1, 0.15) is 0 Å². The molecule has 4 atom stereocenters. The maximum absolute atomic E-state index is 10.1. The average molecular weight is 242 g/mol. The first-order valence-electron chi connectivity index (χ1n) is 7.27. The zero-order valence-electron chi connectivity index (χ0n) is 11.9. The number of rotatable bonds is 6. The van der Waals surface area contributed by atoms with Crippen LogP contribution in [0.25, 0.3) is 0 Å². The van der Waals surface area contributed by atoms with E-state index in [2.05, 4.69) is 37.9 Å². The molecule has 0 amide bonds. The Kier molecular flexibility index (Phi) is 6.45. The summed E-state index contributed by atoms with van der Waals surface area (Å²) >= 11 is 0. The van der Waals surface area contributed by atoms with Crippen molar-refractivity contribution in [3.63, 3.8) is 0 Å². The van der Waals surface area contributed by atoms with E-state index in [9.17, 15) is 5.11 Å². The molecule has 0 aromatic rings. The number of aliphatic hydroxyl groups excluding tert-OH is 1. The summed E-state index contributed by atoms with van der Waals surface area (Å²) in [6.07, 6.45) is 3.05. The average Bonchev–Trinajstić information content (AvgIpc) is 2.36. The van der Waals surface area contributed by atoms with Crippen molar-refractivity contribution in [2.45, 2.75) is 65.1 Å². The van der Waals surface area contributed by atoms with Crippen LogP contribution in [0, 0.1) is 5.92 Å². The molecule has 0 spiro atoms. The lowest BCUT2D eigenvalue weighted by Gasteiger charge is -2.42. The van der Waals surface area contributed by atoms with Gasteiger partial charge in [0.2, 0.25) is 0 Å². The summed E-state index contributed by atoms with van der Waals surface area (Å²) in [5.41, 5.74) is 0. The molecule has 1 fully saturated rings. The van der Waals surface area contributed by atoms with Crippen molar-refractivity contribution in [1.82, 2.24) is 10.2 Å². The van der Waals surface area contributed by atoms with Crippen molar-refractivity contribution in [2.24, 2.45) is 5.92 Å². The van der Waals surface area contributed by atoms with Gasteiger partial charge in [-0.3, -0.25) is 4.90 Å². The van der Waals surface area contributed by atoms with Gasteiger partial charge in [-0.05, 0) is 38.6 Å². The van der Waals surface area contributed by atoms with Crippen LogP contribution in [0.1, 0.15) is 47.0 Å². The van der Waals surface area contributed by atoms with E-state index in [0.29, 0.717) is 18.0 Å². The van der Waals surface area contributed by atoms with Crippen molar-refractivity contribution < 1.29 is 5.11 Å². The molecule has 1 aliphatic rings. The Morgan fingerprint density at radius 1 is 1.24 bits per heavy atom. The normalized spacial score (nSPS) is 30.2. The van der Waals surface area contributed by atoms with Gasteiger partial charge in [-0.1, -0.05) is 20.8 Å². The van der Waals surface area contributed by atoms with E-state index in [1.807, 2.05) is 0 Å². The molecule has 1 saturated heterocycles. The minimum Gasteiger partial charge on any atom is -0.393 e. The molecule has 0 aromatic heterocycles. The molecular formula is C14H30N2O. The highest BCUT2D eigenvalue weighted by atomic mass is 16.3. The first kappa shape index (κ1) is 14.9. The minimum atomic E-state index is -0.136. The molecule has 2 N–H and O–H groups in total. The molecule has 0 saturated carbocycles. The molecular weight excluding hydrogens is 212 g/mol. The smallest absolute Gasteiger partial charge is 0.0578 e. The van der Waals surface area contributed by atoms with Crippen LogP contribution in [0.15, 0.2) is 0 Å². The molecule has 0 aromatic carbocycles. The number of piperidine rings is 1. The second-order valence-electron chi connectivity index (χ2n) is 5.44. The summed E-state index contributed by atoms with van der Waals surface area (Å²) in [6, 6.07) is 1.18. The highest BCUT2D eigenvalue weighted by Crippen LogP contribution is 2.24. The van der Waals surface area contributed by atoms with Crippen LogP contribution in [0.3, 0.4) is 0 Å². The molecule has 1 aliphatic heterocycles. The third-order valence-corrected chi connectivity index (χ3v) is 4.18. The molecule has 4 unspecified atom stereocenters. The molecule has 3 nitrogen and oxygen atoms in total. The Morgan fingerprint density at radius 3 is 2.47 bits per heavy atom. The summed E-state index contributed by atoms with van der Waals surface area (Å²) in [5, 5.41) is 13.6. The van der Waals surface area contributed by atoms with E-state index in [-0.39, 0.29) is 6.10 Å². The fourth-order valence-electron chi connectivity index (χ4n) is 2.84. The lowest BCUT2D eigenvalue weighted by Crippen LogP contribution is -2.54. The van der Waals surface area contributed by atoms with Crippen LogP contribution in [-0.4, -0.2) is 47.8 Å². The van der Waals surface area contributed by atoms with Crippen LogP contribution in [0.2, 0.25) is 0 Å². The zero-order valence-corrected chi connectivity index (χ0v) is 11.9. The molecule has 1 heterocycles. The van der Waals surface area contributed by atoms with Gasteiger partial charge in [0.25, 0.3) is 0 Å². The molecule has 102 valence electrons. The van der Waals surface area contributed by atoms with Crippen molar-refractivity contribution in [3.8, 4) is 0 Å². The molecule has 1 rings (SSSR count). The lowest BCUT2D eigenvalue weighted by atomic mass is 9.87. The molecule has 0 bridgehead atoms. The summed E-state index contributed by atoms with van der Waals surface area (Å²) in [7, 11) is 0. The standard InChI is InChI=1S/C14H30N2O/c1-5-11(4)16-9-12(14(17)6-2)8-13(10-16)15-7-3/h11-15,17H,5-10H2,1-4H3. The van der Waals surface area contributed by atoms with Gasteiger partial charge in [-0.2, -0.15) is 0 Å². The maximum atomic E-state index is 10.1. The van der Waals surface area contributed by atoms with Crippen molar-refractivity contribution >= 4 is 0 Å². The fourth-order valence-corrected chi connectivity index (χ4v) is 2.84. The number of nitrogens with zero attached hydrogens (tertiary/aromatic N) is 1. The molecule has 0 aliphatic carbocycles. The largest absolute Gasteiger partial charge is 0.393 e. The van der Waals surface area contributed by atoms with E-state index in [0.717, 1.165) is 32.5 Å². The number of aliphatic hydroxyl groups is 1. The van der Waals surface area contributed by atoms with Crippen LogP contribution in [-0.2, 0) is 0 Å². The predicted octanol–water partition coefficient (Wildman–Crippen LogP) is 1.86. The number of nitrogens with one attached hydrogen (secondary N) is 1.